The maximum atomic E-state index is 5.54. The van der Waals surface area contributed by atoms with Crippen molar-refractivity contribution in [2.45, 2.75) is 39.3 Å². The van der Waals surface area contributed by atoms with Gasteiger partial charge in [-0.2, -0.15) is 5.10 Å². The van der Waals surface area contributed by atoms with Gasteiger partial charge in [-0.05, 0) is 24.3 Å². The van der Waals surface area contributed by atoms with E-state index in [1.54, 1.807) is 0 Å². The number of guanidine groups is 1. The molecule has 0 radical (unpaired) electrons. The second-order valence-corrected chi connectivity index (χ2v) is 8.17. The van der Waals surface area contributed by atoms with Gasteiger partial charge < -0.3 is 15.4 Å². The average molecular weight is 419 g/mol. The molecular weight excluding hydrogens is 384 g/mol. The summed E-state index contributed by atoms with van der Waals surface area (Å²) in [6.07, 6.45) is 1.92. The van der Waals surface area contributed by atoms with Crippen molar-refractivity contribution in [2.24, 2.45) is 12.0 Å². The van der Waals surface area contributed by atoms with E-state index in [4.69, 9.17) is 4.74 Å². The van der Waals surface area contributed by atoms with Crippen LogP contribution in [-0.4, -0.2) is 60.5 Å². The fourth-order valence-electron chi connectivity index (χ4n) is 3.96. The first kappa shape index (κ1) is 21.8. The van der Waals surface area contributed by atoms with Crippen molar-refractivity contribution in [3.63, 3.8) is 0 Å². The van der Waals surface area contributed by atoms with E-state index in [-0.39, 0.29) is 0 Å². The highest BCUT2D eigenvalue weighted by molar-refractivity contribution is 7.10. The summed E-state index contributed by atoms with van der Waals surface area (Å²) >= 11 is 1.81. The predicted molar refractivity (Wildman–Crippen MR) is 120 cm³/mol. The van der Waals surface area contributed by atoms with Gasteiger partial charge in [-0.1, -0.05) is 19.9 Å². The molecule has 2 N–H and O–H groups in total. The molecule has 3 heterocycles. The van der Waals surface area contributed by atoms with E-state index in [9.17, 15) is 0 Å². The number of thiophene rings is 1. The van der Waals surface area contributed by atoms with Crippen LogP contribution in [-0.2, 0) is 31.2 Å². The largest absolute Gasteiger partial charge is 0.379 e. The number of rotatable bonds is 8. The molecule has 1 saturated heterocycles. The van der Waals surface area contributed by atoms with Gasteiger partial charge in [0.2, 0.25) is 0 Å². The molecule has 8 heteroatoms. The first-order valence-corrected chi connectivity index (χ1v) is 11.4. The van der Waals surface area contributed by atoms with Gasteiger partial charge in [-0.25, -0.2) is 0 Å². The van der Waals surface area contributed by atoms with Crippen LogP contribution in [0.5, 0.6) is 0 Å². The van der Waals surface area contributed by atoms with Gasteiger partial charge in [0.15, 0.2) is 5.96 Å². The molecule has 0 aromatic carbocycles. The first-order chi connectivity index (χ1) is 14.2. The summed E-state index contributed by atoms with van der Waals surface area (Å²) in [4.78, 5) is 8.33. The van der Waals surface area contributed by atoms with Crippen molar-refractivity contribution < 1.29 is 4.74 Å². The molecule has 2 aromatic heterocycles. The normalized spacial score (nSPS) is 16.8. The van der Waals surface area contributed by atoms with Gasteiger partial charge in [0.1, 0.15) is 0 Å². The number of aryl methyl sites for hydroxylation is 2. The minimum Gasteiger partial charge on any atom is -0.379 e. The first-order valence-electron chi connectivity index (χ1n) is 10.5. The standard InChI is InChI=1S/C21H34N6OS/c1-5-17-16(18(6-2)26(4)25-17)14-23-21(22-3)24-15-19(20-8-7-13-29-20)27-9-11-28-12-10-27/h7-8,13,19H,5-6,9-12,14-15H2,1-4H3,(H2,22,23,24). The molecule has 1 aliphatic rings. The number of nitrogens with one attached hydrogen (secondary N) is 2. The summed E-state index contributed by atoms with van der Waals surface area (Å²) in [6.45, 7) is 9.42. The minimum absolute atomic E-state index is 0.327. The second-order valence-electron chi connectivity index (χ2n) is 7.19. The van der Waals surface area contributed by atoms with Crippen molar-refractivity contribution in [3.8, 4) is 0 Å². The van der Waals surface area contributed by atoms with Crippen LogP contribution >= 0.6 is 11.3 Å². The van der Waals surface area contributed by atoms with Gasteiger partial charge in [0.05, 0.1) is 24.9 Å². The highest BCUT2D eigenvalue weighted by Crippen LogP contribution is 2.25. The van der Waals surface area contributed by atoms with Crippen molar-refractivity contribution in [2.75, 3.05) is 39.9 Å². The van der Waals surface area contributed by atoms with Crippen LogP contribution in [0.25, 0.3) is 0 Å². The summed E-state index contributed by atoms with van der Waals surface area (Å²) in [5.74, 6) is 0.827. The molecule has 3 rings (SSSR count). The third-order valence-corrected chi connectivity index (χ3v) is 6.48. The van der Waals surface area contributed by atoms with Gasteiger partial charge >= 0.3 is 0 Å². The molecule has 1 unspecified atom stereocenters. The third-order valence-electron chi connectivity index (χ3n) is 5.50. The van der Waals surface area contributed by atoms with Gasteiger partial charge in [0.25, 0.3) is 0 Å². The lowest BCUT2D eigenvalue weighted by Gasteiger charge is -2.34. The number of nitrogens with zero attached hydrogens (tertiary/aromatic N) is 4. The van der Waals surface area contributed by atoms with E-state index >= 15 is 0 Å². The molecule has 0 bridgehead atoms. The molecule has 7 nitrogen and oxygen atoms in total. The Morgan fingerprint density at radius 1 is 1.28 bits per heavy atom. The Balaban J connectivity index is 1.63. The van der Waals surface area contributed by atoms with Crippen LogP contribution in [0, 0.1) is 0 Å². The molecule has 29 heavy (non-hydrogen) atoms. The van der Waals surface area contributed by atoms with E-state index in [1.165, 1.54) is 16.1 Å². The quantitative estimate of drug-likeness (QED) is 0.509. The number of morpholine rings is 1. The summed E-state index contributed by atoms with van der Waals surface area (Å²) < 4.78 is 7.56. The Hall–Kier alpha value is -1.90. The molecule has 0 spiro atoms. The van der Waals surface area contributed by atoms with Crippen molar-refractivity contribution in [1.82, 2.24) is 25.3 Å². The number of aliphatic imine (C=N–C) groups is 1. The lowest BCUT2D eigenvalue weighted by molar-refractivity contribution is 0.0177. The molecule has 0 saturated carbocycles. The second kappa shape index (κ2) is 10.8. The number of hydrogen-bond donors (Lipinski definition) is 2. The van der Waals surface area contributed by atoms with Crippen LogP contribution in [0.15, 0.2) is 22.5 Å². The summed E-state index contributed by atoms with van der Waals surface area (Å²) in [5.41, 5.74) is 3.75. The monoisotopic (exact) mass is 418 g/mol. The summed E-state index contributed by atoms with van der Waals surface area (Å²) in [6, 6.07) is 4.68. The zero-order chi connectivity index (χ0) is 20.6. The topological polar surface area (TPSA) is 66.7 Å². The number of hydrogen-bond acceptors (Lipinski definition) is 5. The molecule has 1 aliphatic heterocycles. The molecule has 2 aromatic rings. The lowest BCUT2D eigenvalue weighted by Crippen LogP contribution is -2.46. The van der Waals surface area contributed by atoms with Crippen LogP contribution in [0.2, 0.25) is 0 Å². The van der Waals surface area contributed by atoms with E-state index in [0.29, 0.717) is 6.04 Å². The van der Waals surface area contributed by atoms with E-state index in [1.807, 2.05) is 30.1 Å². The lowest BCUT2D eigenvalue weighted by atomic mass is 10.1. The van der Waals surface area contributed by atoms with Crippen LogP contribution in [0.1, 0.15) is 41.7 Å². The smallest absolute Gasteiger partial charge is 0.191 e. The SMILES string of the molecule is CCc1nn(C)c(CC)c1CNC(=NC)NCC(c1cccs1)N1CCOCC1. The number of aromatic nitrogens is 2. The minimum atomic E-state index is 0.327. The highest BCUT2D eigenvalue weighted by Gasteiger charge is 2.23. The van der Waals surface area contributed by atoms with Gasteiger partial charge in [-0.15, -0.1) is 11.3 Å². The Morgan fingerprint density at radius 3 is 2.69 bits per heavy atom. The zero-order valence-corrected chi connectivity index (χ0v) is 18.9. The van der Waals surface area contributed by atoms with E-state index in [2.05, 4.69) is 57.0 Å². The Morgan fingerprint density at radius 2 is 2.07 bits per heavy atom. The zero-order valence-electron chi connectivity index (χ0n) is 18.1. The van der Waals surface area contributed by atoms with Crippen LogP contribution in [0.3, 0.4) is 0 Å². The maximum absolute atomic E-state index is 5.54. The van der Waals surface area contributed by atoms with Gasteiger partial charge in [-0.3, -0.25) is 14.6 Å². The highest BCUT2D eigenvalue weighted by atomic mass is 32.1. The summed E-state index contributed by atoms with van der Waals surface area (Å²) in [7, 11) is 3.86. The molecule has 160 valence electrons. The Bertz CT molecular complexity index is 779. The molecule has 1 atom stereocenters. The van der Waals surface area contributed by atoms with E-state index in [0.717, 1.165) is 63.9 Å². The third kappa shape index (κ3) is 5.38. The van der Waals surface area contributed by atoms with Crippen molar-refractivity contribution >= 4 is 17.3 Å². The fraction of sp³-hybridized carbons (Fsp3) is 0.619. The average Bonchev–Trinajstić information content (AvgIpc) is 3.38. The Kier molecular flexibility index (Phi) is 8.09. The molecular formula is C21H34N6OS. The van der Waals surface area contributed by atoms with E-state index < -0.39 is 0 Å². The van der Waals surface area contributed by atoms with Crippen LogP contribution < -0.4 is 10.6 Å². The maximum Gasteiger partial charge on any atom is 0.191 e. The molecule has 0 aliphatic carbocycles. The summed E-state index contributed by atoms with van der Waals surface area (Å²) in [5, 5.41) is 13.9. The predicted octanol–water partition coefficient (Wildman–Crippen LogP) is 2.34. The molecule has 0 amide bonds. The van der Waals surface area contributed by atoms with Crippen molar-refractivity contribution in [1.29, 1.82) is 0 Å². The Labute approximate surface area is 178 Å². The number of ether oxygens (including phenoxy) is 1. The van der Waals surface area contributed by atoms with Gasteiger partial charge in [0, 0.05) is 56.4 Å². The van der Waals surface area contributed by atoms with Crippen LogP contribution in [0.4, 0.5) is 0 Å². The fourth-order valence-corrected chi connectivity index (χ4v) is 4.82. The molecule has 1 fully saturated rings. The van der Waals surface area contributed by atoms with Crippen molar-refractivity contribution in [3.05, 3.63) is 39.3 Å².